The van der Waals surface area contributed by atoms with Gasteiger partial charge in [-0.1, -0.05) is 94.7 Å². The Labute approximate surface area is 353 Å². The molecule has 1 aliphatic carbocycles. The number of aryl methyl sites for hydroxylation is 1. The largest absolute Gasteiger partial charge is 0.466 e. The summed E-state index contributed by atoms with van der Waals surface area (Å²) in [5, 5.41) is 10.8. The second-order valence-corrected chi connectivity index (χ2v) is 17.6. The van der Waals surface area contributed by atoms with Gasteiger partial charge >= 0.3 is 12.1 Å². The number of hydrogen-bond acceptors (Lipinski definition) is 10. The van der Waals surface area contributed by atoms with Gasteiger partial charge < -0.3 is 14.8 Å². The second kappa shape index (κ2) is 20.7. The number of aromatic nitrogens is 5. The highest BCUT2D eigenvalue weighted by atomic mass is 32.2. The lowest BCUT2D eigenvalue weighted by molar-refractivity contribution is -0.144. The molecule has 12 nitrogen and oxygen atoms in total. The average Bonchev–Trinajstić information content (AvgIpc) is 3.96. The van der Waals surface area contributed by atoms with Gasteiger partial charge in [0.1, 0.15) is 5.75 Å². The summed E-state index contributed by atoms with van der Waals surface area (Å²) >= 11 is 3.54. The molecule has 2 amide bonds. The van der Waals surface area contributed by atoms with Crippen LogP contribution in [0.25, 0.3) is 27.3 Å². The van der Waals surface area contributed by atoms with E-state index in [-0.39, 0.29) is 24.7 Å². The number of fused-ring (bicyclic) bond motifs is 3. The highest BCUT2D eigenvalue weighted by Crippen LogP contribution is 2.46. The van der Waals surface area contributed by atoms with Crippen molar-refractivity contribution in [2.45, 2.75) is 113 Å². The van der Waals surface area contributed by atoms with E-state index < -0.39 is 6.09 Å². The third-order valence-corrected chi connectivity index (χ3v) is 13.0. The van der Waals surface area contributed by atoms with Crippen molar-refractivity contribution in [2.75, 3.05) is 23.9 Å². The number of carbonyl (C=O) groups excluding carboxylic acids is 3. The quantitative estimate of drug-likeness (QED) is 0.0567. The van der Waals surface area contributed by atoms with Crippen LogP contribution in [0.15, 0.2) is 77.1 Å². The van der Waals surface area contributed by atoms with E-state index in [1.807, 2.05) is 48.2 Å². The lowest BCUT2D eigenvalue weighted by Gasteiger charge is -2.25. The van der Waals surface area contributed by atoms with Gasteiger partial charge in [0.15, 0.2) is 21.6 Å². The van der Waals surface area contributed by atoms with Gasteiger partial charge in [0.2, 0.25) is 5.91 Å². The van der Waals surface area contributed by atoms with Gasteiger partial charge in [0.25, 0.3) is 0 Å². The predicted molar refractivity (Wildman–Crippen MR) is 235 cm³/mol. The Morgan fingerprint density at radius 2 is 1.68 bits per heavy atom. The summed E-state index contributed by atoms with van der Waals surface area (Å²) in [4.78, 5) is 48.7. The first-order chi connectivity index (χ1) is 28.8. The molecule has 0 saturated heterocycles. The Bertz CT molecular complexity index is 2270. The van der Waals surface area contributed by atoms with Gasteiger partial charge in [-0.25, -0.2) is 14.8 Å². The van der Waals surface area contributed by atoms with Gasteiger partial charge in [-0.15, -0.1) is 16.4 Å². The van der Waals surface area contributed by atoms with E-state index in [2.05, 4.69) is 45.6 Å². The number of esters is 1. The predicted octanol–water partition coefficient (Wildman–Crippen LogP) is 11.3. The van der Waals surface area contributed by atoms with E-state index in [9.17, 15) is 14.4 Å². The SMILES string of the molecule is CCCCCCCCCCCCOC(=O)CCC(=O)Nc1ccc(-c2nc3cc(N(C)C(=O)Oc4ccc5c(c4)CCCC5Sc4nc5ccccc5s4)nn3[nH]2)cc1. The van der Waals surface area contributed by atoms with E-state index in [1.54, 1.807) is 36.6 Å². The number of para-hydroxylation sites is 1. The summed E-state index contributed by atoms with van der Waals surface area (Å²) in [5.41, 5.74) is 5.41. The van der Waals surface area contributed by atoms with Crippen LogP contribution in [-0.2, 0) is 20.7 Å². The van der Waals surface area contributed by atoms with E-state index in [0.717, 1.165) is 47.5 Å². The number of benzene rings is 3. The summed E-state index contributed by atoms with van der Waals surface area (Å²) in [5.74, 6) is 0.845. The summed E-state index contributed by atoms with van der Waals surface area (Å²) in [6, 6.07) is 23.1. The number of carbonyl (C=O) groups is 3. The molecule has 3 aromatic carbocycles. The molecule has 310 valence electrons. The molecule has 2 N–H and O–H groups in total. The molecule has 6 aromatic rings. The van der Waals surface area contributed by atoms with E-state index in [4.69, 9.17) is 14.5 Å². The Hall–Kier alpha value is -5.21. The van der Waals surface area contributed by atoms with Crippen LogP contribution in [0.3, 0.4) is 0 Å². The van der Waals surface area contributed by atoms with E-state index in [1.165, 1.54) is 76.7 Å². The van der Waals surface area contributed by atoms with Crippen molar-refractivity contribution in [1.29, 1.82) is 0 Å². The van der Waals surface area contributed by atoms with Gasteiger partial charge in [-0.2, -0.15) is 4.63 Å². The maximum absolute atomic E-state index is 13.2. The minimum Gasteiger partial charge on any atom is -0.466 e. The highest BCUT2D eigenvalue weighted by Gasteiger charge is 2.25. The molecule has 7 rings (SSSR count). The molecule has 59 heavy (non-hydrogen) atoms. The van der Waals surface area contributed by atoms with Crippen LogP contribution in [0.1, 0.15) is 113 Å². The zero-order valence-corrected chi connectivity index (χ0v) is 35.5. The maximum Gasteiger partial charge on any atom is 0.420 e. The molecule has 1 atom stereocenters. The fourth-order valence-corrected chi connectivity index (χ4v) is 9.81. The summed E-state index contributed by atoms with van der Waals surface area (Å²) in [7, 11) is 1.61. The highest BCUT2D eigenvalue weighted by molar-refractivity contribution is 8.01. The molecular formula is C45H53N7O5S2. The number of nitrogens with zero attached hydrogens (tertiary/aromatic N) is 5. The molecule has 14 heteroatoms. The van der Waals surface area contributed by atoms with Crippen molar-refractivity contribution >= 4 is 68.4 Å². The number of rotatable bonds is 20. The van der Waals surface area contributed by atoms with Crippen molar-refractivity contribution in [2.24, 2.45) is 0 Å². The van der Waals surface area contributed by atoms with Crippen molar-refractivity contribution in [1.82, 2.24) is 24.8 Å². The van der Waals surface area contributed by atoms with Crippen LogP contribution in [-0.4, -0.2) is 56.4 Å². The Morgan fingerprint density at radius 1 is 0.915 bits per heavy atom. The number of ether oxygens (including phenoxy) is 2. The van der Waals surface area contributed by atoms with Gasteiger partial charge in [0, 0.05) is 36.0 Å². The fourth-order valence-electron chi connectivity index (χ4n) is 7.27. The topological polar surface area (TPSA) is 144 Å². The normalized spacial score (nSPS) is 13.7. The number of nitrogens with one attached hydrogen (secondary N) is 2. The molecule has 0 fully saturated rings. The zero-order chi connectivity index (χ0) is 41.0. The molecule has 0 spiro atoms. The third-order valence-electron chi connectivity index (χ3n) is 10.6. The summed E-state index contributed by atoms with van der Waals surface area (Å²) in [6.07, 6.45) is 14.8. The van der Waals surface area contributed by atoms with Gasteiger partial charge in [-0.05, 0) is 85.3 Å². The number of thioether (sulfide) groups is 1. The number of aromatic amines is 1. The first kappa shape index (κ1) is 41.9. The first-order valence-electron chi connectivity index (χ1n) is 20.9. The first-order valence-corrected chi connectivity index (χ1v) is 22.6. The molecule has 0 saturated carbocycles. The number of thiazole rings is 1. The Kier molecular flexibility index (Phi) is 14.7. The Morgan fingerprint density at radius 3 is 2.44 bits per heavy atom. The number of H-pyrrole nitrogens is 1. The van der Waals surface area contributed by atoms with Crippen LogP contribution in [0.4, 0.5) is 16.3 Å². The molecule has 3 aromatic heterocycles. The average molecular weight is 836 g/mol. The number of amides is 2. The van der Waals surface area contributed by atoms with Crippen LogP contribution >= 0.6 is 23.1 Å². The minimum atomic E-state index is -0.555. The minimum absolute atomic E-state index is 0.0452. The molecule has 3 heterocycles. The number of anilines is 2. The maximum atomic E-state index is 13.2. The Balaban J connectivity index is 0.834. The van der Waals surface area contributed by atoms with Crippen molar-refractivity contribution in [3.63, 3.8) is 0 Å². The van der Waals surface area contributed by atoms with Crippen molar-refractivity contribution in [3.8, 4) is 17.1 Å². The molecular weight excluding hydrogens is 783 g/mol. The standard InChI is InChI=1S/C45H53N7O5S2/c1-3-4-5-6-7-8-9-10-11-14-28-56-42(54)27-26-41(53)46-33-22-20-31(21-23-33)43-48-39-30-40(49-52(39)50-43)51(2)45(55)57-34-24-25-35-32(29-34)16-15-19-37(35)58-44-47-36-17-12-13-18-38(36)59-44/h12-13,17-18,20-25,29-30,37H,3-11,14-16,19,26-28H2,1-2H3,(H,46,53)(H,48,50). The molecule has 0 bridgehead atoms. The third kappa shape index (κ3) is 11.5. The van der Waals surface area contributed by atoms with Gasteiger partial charge in [-0.3, -0.25) is 19.6 Å². The van der Waals surface area contributed by atoms with Crippen LogP contribution in [0.2, 0.25) is 0 Å². The number of hydrogen-bond donors (Lipinski definition) is 2. The van der Waals surface area contributed by atoms with Crippen molar-refractivity contribution < 1.29 is 23.9 Å². The molecule has 0 radical (unpaired) electrons. The van der Waals surface area contributed by atoms with Crippen molar-refractivity contribution in [3.05, 3.63) is 83.9 Å². The smallest absolute Gasteiger partial charge is 0.420 e. The monoisotopic (exact) mass is 835 g/mol. The van der Waals surface area contributed by atoms with Crippen LogP contribution in [0, 0.1) is 0 Å². The summed E-state index contributed by atoms with van der Waals surface area (Å²) < 4.78 is 14.9. The van der Waals surface area contributed by atoms with Crippen LogP contribution < -0.4 is 15.0 Å². The van der Waals surface area contributed by atoms with E-state index >= 15 is 0 Å². The molecule has 0 aliphatic heterocycles. The van der Waals surface area contributed by atoms with Gasteiger partial charge in [0.05, 0.1) is 23.2 Å². The zero-order valence-electron chi connectivity index (χ0n) is 33.9. The summed E-state index contributed by atoms with van der Waals surface area (Å²) in [6.45, 7) is 2.64. The number of unbranched alkanes of at least 4 members (excludes halogenated alkanes) is 9. The lowest BCUT2D eigenvalue weighted by atomic mass is 9.91. The lowest BCUT2D eigenvalue weighted by Crippen LogP contribution is -2.30. The second-order valence-electron chi connectivity index (χ2n) is 15.1. The van der Waals surface area contributed by atoms with E-state index in [0.29, 0.717) is 40.6 Å². The fraction of sp³-hybridized carbons (Fsp3) is 0.422. The molecule has 1 aliphatic rings. The van der Waals surface area contributed by atoms with Crippen LogP contribution in [0.5, 0.6) is 5.75 Å². The molecule has 1 unspecified atom stereocenters.